The molecule has 1 aliphatic heterocycles. The van der Waals surface area contributed by atoms with Crippen molar-refractivity contribution in [3.63, 3.8) is 0 Å². The van der Waals surface area contributed by atoms with Crippen LogP contribution in [-0.2, 0) is 22.4 Å². The van der Waals surface area contributed by atoms with Crippen LogP contribution in [0.1, 0.15) is 16.7 Å². The summed E-state index contributed by atoms with van der Waals surface area (Å²) in [6.07, 6.45) is 0.920. The molecule has 1 unspecified atom stereocenters. The van der Waals surface area contributed by atoms with Gasteiger partial charge in [0, 0.05) is 24.5 Å². The second kappa shape index (κ2) is 10.0. The van der Waals surface area contributed by atoms with Crippen LogP contribution < -0.4 is 10.1 Å². The Kier molecular flexibility index (Phi) is 6.90. The molecule has 0 radical (unpaired) electrons. The summed E-state index contributed by atoms with van der Waals surface area (Å²) < 4.78 is 5.32. The number of thiophene rings is 1. The first-order valence-corrected chi connectivity index (χ1v) is 11.7. The zero-order valence-corrected chi connectivity index (χ0v) is 19.3. The number of carbonyl (C=O) groups is 2. The Morgan fingerprint density at radius 1 is 1.19 bits per heavy atom. The number of rotatable bonds is 6. The molecule has 1 aromatic heterocycles. The van der Waals surface area contributed by atoms with E-state index in [0.29, 0.717) is 32.5 Å². The highest BCUT2D eigenvalue weighted by Crippen LogP contribution is 2.30. The molecule has 3 aromatic rings. The second-order valence-electron chi connectivity index (χ2n) is 8.15. The number of amides is 2. The maximum atomic E-state index is 13.1. The molecule has 1 atom stereocenters. The minimum absolute atomic E-state index is 0.0153. The SMILES string of the molecule is COc1ccc(CC(=O)N2CCNC(=O)C(Cc3ccccc3-c3cccs3)C2)cc1C. The summed E-state index contributed by atoms with van der Waals surface area (Å²) in [6, 6.07) is 18.2. The van der Waals surface area contributed by atoms with Gasteiger partial charge in [0.1, 0.15) is 5.75 Å². The van der Waals surface area contributed by atoms with E-state index in [9.17, 15) is 9.59 Å². The first-order chi connectivity index (χ1) is 15.5. The summed E-state index contributed by atoms with van der Waals surface area (Å²) in [7, 11) is 1.64. The third-order valence-electron chi connectivity index (χ3n) is 5.93. The molecule has 166 valence electrons. The molecule has 0 aliphatic carbocycles. The van der Waals surface area contributed by atoms with Crippen LogP contribution in [0.4, 0.5) is 0 Å². The average molecular weight is 449 g/mol. The van der Waals surface area contributed by atoms with Crippen LogP contribution in [0.2, 0.25) is 0 Å². The van der Waals surface area contributed by atoms with Gasteiger partial charge in [0.05, 0.1) is 19.4 Å². The smallest absolute Gasteiger partial charge is 0.227 e. The molecule has 2 heterocycles. The van der Waals surface area contributed by atoms with Crippen molar-refractivity contribution in [3.05, 3.63) is 76.7 Å². The molecule has 1 aliphatic rings. The van der Waals surface area contributed by atoms with E-state index in [-0.39, 0.29) is 17.7 Å². The highest BCUT2D eigenvalue weighted by molar-refractivity contribution is 7.13. The van der Waals surface area contributed by atoms with Gasteiger partial charge in [-0.15, -0.1) is 11.3 Å². The molecule has 32 heavy (non-hydrogen) atoms. The Bertz CT molecular complexity index is 1090. The lowest BCUT2D eigenvalue weighted by Crippen LogP contribution is -2.38. The molecule has 2 aromatic carbocycles. The molecule has 1 fully saturated rings. The predicted molar refractivity (Wildman–Crippen MR) is 128 cm³/mol. The fraction of sp³-hybridized carbons (Fsp3) is 0.308. The van der Waals surface area contributed by atoms with Crippen molar-refractivity contribution in [1.29, 1.82) is 0 Å². The van der Waals surface area contributed by atoms with E-state index in [1.54, 1.807) is 18.4 Å². The van der Waals surface area contributed by atoms with Crippen molar-refractivity contribution in [2.75, 3.05) is 26.7 Å². The van der Waals surface area contributed by atoms with Gasteiger partial charge in [-0.1, -0.05) is 42.5 Å². The van der Waals surface area contributed by atoms with E-state index in [1.165, 1.54) is 4.88 Å². The summed E-state index contributed by atoms with van der Waals surface area (Å²) in [6.45, 7) is 3.42. The summed E-state index contributed by atoms with van der Waals surface area (Å²) in [5, 5.41) is 5.06. The van der Waals surface area contributed by atoms with Crippen molar-refractivity contribution >= 4 is 23.2 Å². The van der Waals surface area contributed by atoms with Crippen LogP contribution in [0.25, 0.3) is 10.4 Å². The van der Waals surface area contributed by atoms with Crippen molar-refractivity contribution in [2.24, 2.45) is 5.92 Å². The lowest BCUT2D eigenvalue weighted by Gasteiger charge is -2.24. The van der Waals surface area contributed by atoms with Gasteiger partial charge in [-0.25, -0.2) is 0 Å². The third-order valence-corrected chi connectivity index (χ3v) is 6.83. The molecule has 6 heteroatoms. The fourth-order valence-corrected chi connectivity index (χ4v) is 5.04. The van der Waals surface area contributed by atoms with E-state index < -0.39 is 0 Å². The number of hydrogen-bond acceptors (Lipinski definition) is 4. The van der Waals surface area contributed by atoms with Gasteiger partial charge in [0.15, 0.2) is 0 Å². The predicted octanol–water partition coefficient (Wildman–Crippen LogP) is 4.09. The van der Waals surface area contributed by atoms with Crippen molar-refractivity contribution < 1.29 is 14.3 Å². The third kappa shape index (κ3) is 5.02. The van der Waals surface area contributed by atoms with Gasteiger partial charge in [0.2, 0.25) is 11.8 Å². The minimum Gasteiger partial charge on any atom is -0.496 e. The molecular formula is C26H28N2O3S. The maximum Gasteiger partial charge on any atom is 0.227 e. The molecule has 1 N–H and O–H groups in total. The van der Waals surface area contributed by atoms with Gasteiger partial charge in [-0.05, 0) is 53.1 Å². The summed E-state index contributed by atoms with van der Waals surface area (Å²) >= 11 is 1.69. The summed E-state index contributed by atoms with van der Waals surface area (Å²) in [4.78, 5) is 28.9. The Morgan fingerprint density at radius 2 is 2.03 bits per heavy atom. The summed E-state index contributed by atoms with van der Waals surface area (Å²) in [5.41, 5.74) is 4.26. The number of benzene rings is 2. The number of hydrogen-bond donors (Lipinski definition) is 1. The van der Waals surface area contributed by atoms with Gasteiger partial charge in [-0.2, -0.15) is 0 Å². The van der Waals surface area contributed by atoms with E-state index in [4.69, 9.17) is 4.74 Å². The Labute approximate surface area is 193 Å². The highest BCUT2D eigenvalue weighted by Gasteiger charge is 2.28. The topological polar surface area (TPSA) is 58.6 Å². The molecular weight excluding hydrogens is 420 g/mol. The monoisotopic (exact) mass is 448 g/mol. The van der Waals surface area contributed by atoms with Crippen molar-refractivity contribution in [2.45, 2.75) is 19.8 Å². The highest BCUT2D eigenvalue weighted by atomic mass is 32.1. The second-order valence-corrected chi connectivity index (χ2v) is 9.09. The average Bonchev–Trinajstić information content (AvgIpc) is 3.26. The lowest BCUT2D eigenvalue weighted by molar-refractivity contribution is -0.131. The number of aryl methyl sites for hydroxylation is 1. The Morgan fingerprint density at radius 3 is 2.78 bits per heavy atom. The zero-order valence-electron chi connectivity index (χ0n) is 18.5. The minimum atomic E-state index is -0.278. The van der Waals surface area contributed by atoms with E-state index in [2.05, 4.69) is 28.9 Å². The Balaban J connectivity index is 1.49. The van der Waals surface area contributed by atoms with Gasteiger partial charge >= 0.3 is 0 Å². The lowest BCUT2D eigenvalue weighted by atomic mass is 9.94. The molecule has 2 amide bonds. The molecule has 0 saturated carbocycles. The van der Waals surface area contributed by atoms with Gasteiger partial charge < -0.3 is 15.0 Å². The van der Waals surface area contributed by atoms with Crippen LogP contribution in [0.5, 0.6) is 5.75 Å². The number of ether oxygens (including phenoxy) is 1. The van der Waals surface area contributed by atoms with E-state index in [1.807, 2.05) is 48.2 Å². The largest absolute Gasteiger partial charge is 0.496 e. The van der Waals surface area contributed by atoms with Crippen molar-refractivity contribution in [3.8, 4) is 16.2 Å². The normalized spacial score (nSPS) is 16.4. The standard InChI is InChI=1S/C26H28N2O3S/c1-18-14-19(9-10-23(18)31-2)15-25(29)28-12-11-27-26(30)21(17-28)16-20-6-3-4-7-22(20)24-8-5-13-32-24/h3-10,13-14,21H,11-12,15-17H2,1-2H3,(H,27,30). The molecule has 1 saturated heterocycles. The Hall–Kier alpha value is -3.12. The quantitative estimate of drug-likeness (QED) is 0.618. The number of nitrogens with one attached hydrogen (secondary N) is 1. The van der Waals surface area contributed by atoms with Gasteiger partial charge in [0.25, 0.3) is 0 Å². The van der Waals surface area contributed by atoms with Crippen LogP contribution >= 0.6 is 11.3 Å². The summed E-state index contributed by atoms with van der Waals surface area (Å²) in [5.74, 6) is 0.597. The number of methoxy groups -OCH3 is 1. The van der Waals surface area contributed by atoms with Crippen LogP contribution in [0.15, 0.2) is 60.0 Å². The molecule has 4 rings (SSSR count). The van der Waals surface area contributed by atoms with E-state index in [0.717, 1.165) is 28.0 Å². The van der Waals surface area contributed by atoms with E-state index >= 15 is 0 Å². The van der Waals surface area contributed by atoms with Gasteiger partial charge in [-0.3, -0.25) is 9.59 Å². The zero-order chi connectivity index (χ0) is 22.5. The van der Waals surface area contributed by atoms with Crippen LogP contribution in [0.3, 0.4) is 0 Å². The first-order valence-electron chi connectivity index (χ1n) is 10.9. The van der Waals surface area contributed by atoms with Crippen molar-refractivity contribution in [1.82, 2.24) is 10.2 Å². The number of nitrogens with zero attached hydrogens (tertiary/aromatic N) is 1. The fourth-order valence-electron chi connectivity index (χ4n) is 4.26. The maximum absolute atomic E-state index is 13.1. The molecule has 0 spiro atoms. The van der Waals surface area contributed by atoms with Crippen LogP contribution in [-0.4, -0.2) is 43.5 Å². The molecule has 5 nitrogen and oxygen atoms in total. The van der Waals surface area contributed by atoms with Crippen LogP contribution in [0, 0.1) is 12.8 Å². The molecule has 0 bridgehead atoms. The first kappa shape index (κ1) is 22.1. The number of carbonyl (C=O) groups excluding carboxylic acids is 2.